The zero-order chi connectivity index (χ0) is 14.3. The number of aromatic nitrogens is 4. The molecule has 1 aliphatic heterocycles. The number of anilines is 1. The Bertz CT molecular complexity index is 600. The second-order valence-electron chi connectivity index (χ2n) is 5.59. The van der Waals surface area contributed by atoms with Crippen LogP contribution in [0.25, 0.3) is 0 Å². The molecule has 6 heteroatoms. The van der Waals surface area contributed by atoms with E-state index in [1.807, 2.05) is 44.1 Å². The highest BCUT2D eigenvalue weighted by Gasteiger charge is 2.34. The molecule has 6 nitrogen and oxygen atoms in total. The first kappa shape index (κ1) is 13.1. The smallest absolute Gasteiger partial charge is 0.225 e. The summed E-state index contributed by atoms with van der Waals surface area (Å²) in [4.78, 5) is 15.6. The second kappa shape index (κ2) is 4.86. The summed E-state index contributed by atoms with van der Waals surface area (Å²) < 4.78 is 1.96. The zero-order valence-corrected chi connectivity index (χ0v) is 12.1. The van der Waals surface area contributed by atoms with Crippen LogP contribution in [-0.4, -0.2) is 38.7 Å². The van der Waals surface area contributed by atoms with E-state index in [0.717, 1.165) is 36.1 Å². The first-order valence-corrected chi connectivity index (χ1v) is 6.83. The summed E-state index contributed by atoms with van der Waals surface area (Å²) >= 11 is 0. The third-order valence-electron chi connectivity index (χ3n) is 3.72. The van der Waals surface area contributed by atoms with E-state index in [1.165, 1.54) is 0 Å². The lowest BCUT2D eigenvalue weighted by Gasteiger charge is -2.16. The third kappa shape index (κ3) is 2.38. The third-order valence-corrected chi connectivity index (χ3v) is 3.72. The first-order valence-electron chi connectivity index (χ1n) is 6.83. The van der Waals surface area contributed by atoms with Crippen molar-refractivity contribution >= 4 is 5.95 Å². The summed E-state index contributed by atoms with van der Waals surface area (Å²) in [6.07, 6.45) is 3.86. The van der Waals surface area contributed by atoms with Crippen LogP contribution < -0.4 is 10.6 Å². The Labute approximate surface area is 118 Å². The largest absolute Gasteiger partial charge is 0.340 e. The standard InChI is InChI=1S/C14H20N6/c1-9-4-10(2)18-14(17-9)20-5-11(12(15)6-20)13-7-19(3)8-16-13/h4,7-8,11-12H,5-6,15H2,1-3H3/t11-,12-/m1/s1. The molecule has 0 spiro atoms. The second-order valence-corrected chi connectivity index (χ2v) is 5.59. The van der Waals surface area contributed by atoms with Crippen molar-refractivity contribution in [2.45, 2.75) is 25.8 Å². The summed E-state index contributed by atoms with van der Waals surface area (Å²) in [5.41, 5.74) is 9.30. The molecule has 1 fully saturated rings. The topological polar surface area (TPSA) is 72.9 Å². The maximum atomic E-state index is 6.28. The number of imidazole rings is 1. The maximum absolute atomic E-state index is 6.28. The molecule has 0 bridgehead atoms. The van der Waals surface area contributed by atoms with E-state index >= 15 is 0 Å². The average Bonchev–Trinajstić information content (AvgIpc) is 2.94. The van der Waals surface area contributed by atoms with Crippen LogP contribution in [0.3, 0.4) is 0 Å². The molecule has 2 atom stereocenters. The lowest BCUT2D eigenvalue weighted by atomic mass is 10.0. The minimum Gasteiger partial charge on any atom is -0.340 e. The molecular formula is C14H20N6. The van der Waals surface area contributed by atoms with Gasteiger partial charge in [-0.05, 0) is 19.9 Å². The van der Waals surface area contributed by atoms with Crippen LogP contribution in [0.4, 0.5) is 5.95 Å². The SMILES string of the molecule is Cc1cc(C)nc(N2C[C@@H](N)[C@H](c3cn(C)cn3)C2)n1. The normalized spacial score (nSPS) is 22.5. The fraction of sp³-hybridized carbons (Fsp3) is 0.500. The van der Waals surface area contributed by atoms with E-state index in [-0.39, 0.29) is 12.0 Å². The Hall–Kier alpha value is -1.95. The summed E-state index contributed by atoms with van der Waals surface area (Å²) in [6, 6.07) is 2.05. The summed E-state index contributed by atoms with van der Waals surface area (Å²) in [7, 11) is 1.97. The first-order chi connectivity index (χ1) is 9.52. The van der Waals surface area contributed by atoms with E-state index in [4.69, 9.17) is 5.73 Å². The van der Waals surface area contributed by atoms with E-state index in [2.05, 4.69) is 19.9 Å². The van der Waals surface area contributed by atoms with E-state index in [1.54, 1.807) is 0 Å². The molecule has 3 rings (SSSR count). The van der Waals surface area contributed by atoms with Gasteiger partial charge in [-0.25, -0.2) is 15.0 Å². The van der Waals surface area contributed by atoms with Crippen LogP contribution in [0.5, 0.6) is 0 Å². The quantitative estimate of drug-likeness (QED) is 0.873. The van der Waals surface area contributed by atoms with Gasteiger partial charge in [-0.3, -0.25) is 0 Å². The monoisotopic (exact) mass is 272 g/mol. The highest BCUT2D eigenvalue weighted by molar-refractivity contribution is 5.37. The zero-order valence-electron chi connectivity index (χ0n) is 12.1. The van der Waals surface area contributed by atoms with Gasteiger partial charge in [0, 0.05) is 49.7 Å². The summed E-state index contributed by atoms with van der Waals surface area (Å²) in [5.74, 6) is 1.01. The van der Waals surface area contributed by atoms with Crippen LogP contribution in [0.1, 0.15) is 23.0 Å². The lowest BCUT2D eigenvalue weighted by Crippen LogP contribution is -2.29. The maximum Gasteiger partial charge on any atom is 0.225 e. The molecule has 0 saturated carbocycles. The van der Waals surface area contributed by atoms with Crippen molar-refractivity contribution in [3.8, 4) is 0 Å². The predicted molar refractivity (Wildman–Crippen MR) is 77.6 cm³/mol. The molecule has 0 amide bonds. The van der Waals surface area contributed by atoms with Crippen molar-refractivity contribution in [2.75, 3.05) is 18.0 Å². The van der Waals surface area contributed by atoms with Gasteiger partial charge >= 0.3 is 0 Å². The molecule has 2 N–H and O–H groups in total. The van der Waals surface area contributed by atoms with Gasteiger partial charge in [0.05, 0.1) is 12.0 Å². The number of hydrogen-bond donors (Lipinski definition) is 1. The number of rotatable bonds is 2. The molecule has 2 aromatic heterocycles. The molecule has 2 aromatic rings. The van der Waals surface area contributed by atoms with Crippen molar-refractivity contribution in [1.82, 2.24) is 19.5 Å². The molecule has 106 valence electrons. The fourth-order valence-electron chi connectivity index (χ4n) is 2.78. The predicted octanol–water partition coefficient (Wildman–Crippen LogP) is 0.758. The van der Waals surface area contributed by atoms with Crippen LogP contribution in [0.2, 0.25) is 0 Å². The lowest BCUT2D eigenvalue weighted by molar-refractivity contribution is 0.639. The average molecular weight is 272 g/mol. The summed E-state index contributed by atoms with van der Waals surface area (Å²) in [6.45, 7) is 5.57. The molecular weight excluding hydrogens is 252 g/mol. The minimum atomic E-state index is 0.0642. The van der Waals surface area contributed by atoms with Gasteiger partial charge in [0.1, 0.15) is 0 Å². The van der Waals surface area contributed by atoms with E-state index in [0.29, 0.717) is 0 Å². The Kier molecular flexibility index (Phi) is 3.17. The Morgan fingerprint density at radius 2 is 1.90 bits per heavy atom. The van der Waals surface area contributed by atoms with Gasteiger partial charge in [0.15, 0.2) is 0 Å². The number of nitrogens with zero attached hydrogens (tertiary/aromatic N) is 5. The molecule has 0 unspecified atom stereocenters. The highest BCUT2D eigenvalue weighted by Crippen LogP contribution is 2.27. The van der Waals surface area contributed by atoms with Gasteiger partial charge in [-0.2, -0.15) is 0 Å². The van der Waals surface area contributed by atoms with Crippen molar-refractivity contribution < 1.29 is 0 Å². The highest BCUT2D eigenvalue weighted by atomic mass is 15.3. The molecule has 3 heterocycles. The van der Waals surface area contributed by atoms with Crippen LogP contribution in [-0.2, 0) is 7.05 Å². The molecule has 0 aliphatic carbocycles. The van der Waals surface area contributed by atoms with Crippen molar-refractivity contribution in [1.29, 1.82) is 0 Å². The van der Waals surface area contributed by atoms with Gasteiger partial charge in [-0.1, -0.05) is 0 Å². The van der Waals surface area contributed by atoms with Gasteiger partial charge in [0.2, 0.25) is 5.95 Å². The molecule has 20 heavy (non-hydrogen) atoms. The minimum absolute atomic E-state index is 0.0642. The van der Waals surface area contributed by atoms with Crippen LogP contribution in [0.15, 0.2) is 18.6 Å². The van der Waals surface area contributed by atoms with Crippen molar-refractivity contribution in [3.05, 3.63) is 35.7 Å². The van der Waals surface area contributed by atoms with E-state index < -0.39 is 0 Å². The number of hydrogen-bond acceptors (Lipinski definition) is 5. The van der Waals surface area contributed by atoms with Crippen molar-refractivity contribution in [3.63, 3.8) is 0 Å². The number of aryl methyl sites for hydroxylation is 3. The fourth-order valence-corrected chi connectivity index (χ4v) is 2.78. The summed E-state index contributed by atoms with van der Waals surface area (Å²) in [5, 5.41) is 0. The van der Waals surface area contributed by atoms with Crippen molar-refractivity contribution in [2.24, 2.45) is 12.8 Å². The van der Waals surface area contributed by atoms with Crippen LogP contribution >= 0.6 is 0 Å². The van der Waals surface area contributed by atoms with Gasteiger partial charge in [-0.15, -0.1) is 0 Å². The molecule has 0 aromatic carbocycles. The molecule has 1 saturated heterocycles. The van der Waals surface area contributed by atoms with Gasteiger partial charge < -0.3 is 15.2 Å². The van der Waals surface area contributed by atoms with E-state index in [9.17, 15) is 0 Å². The van der Waals surface area contributed by atoms with Crippen LogP contribution in [0, 0.1) is 13.8 Å². The number of nitrogens with two attached hydrogens (primary N) is 1. The Morgan fingerprint density at radius 1 is 1.20 bits per heavy atom. The molecule has 1 aliphatic rings. The van der Waals surface area contributed by atoms with Gasteiger partial charge in [0.25, 0.3) is 0 Å². The molecule has 0 radical (unpaired) electrons. The Balaban J connectivity index is 1.84. The Morgan fingerprint density at radius 3 is 2.50 bits per heavy atom.